The number of nitrogens with zero attached hydrogens (tertiary/aromatic N) is 2. The lowest BCUT2D eigenvalue weighted by Gasteiger charge is -2.37. The van der Waals surface area contributed by atoms with Crippen LogP contribution < -0.4 is 30.5 Å². The first-order valence-corrected chi connectivity index (χ1v) is 42.6. The van der Waals surface area contributed by atoms with Gasteiger partial charge in [-0.05, 0) is 109 Å². The van der Waals surface area contributed by atoms with Crippen molar-refractivity contribution < 1.29 is 0 Å². The molecule has 0 atom stereocenters. The van der Waals surface area contributed by atoms with Crippen LogP contribution in [0.4, 0.5) is 34.1 Å². The van der Waals surface area contributed by atoms with Gasteiger partial charge >= 0.3 is 0 Å². The highest BCUT2D eigenvalue weighted by Gasteiger charge is 2.34. The third-order valence-electron chi connectivity index (χ3n) is 15.9. The maximum absolute atomic E-state index is 2.73. The smallest absolute Gasteiger partial charge is 0.0776 e. The minimum absolute atomic E-state index is 0.0752. The van der Waals surface area contributed by atoms with Crippen LogP contribution in [0.15, 0.2) is 115 Å². The van der Waals surface area contributed by atoms with E-state index in [-0.39, 0.29) is 27.1 Å². The van der Waals surface area contributed by atoms with E-state index in [1.165, 1.54) is 104 Å². The van der Waals surface area contributed by atoms with E-state index in [0.29, 0.717) is 0 Å². The van der Waals surface area contributed by atoms with Gasteiger partial charge < -0.3 is 9.80 Å². The zero-order valence-electron chi connectivity index (χ0n) is 52.9. The molecule has 0 heterocycles. The van der Waals surface area contributed by atoms with E-state index < -0.39 is 32.3 Å². The average Bonchev–Trinajstić information content (AvgIpc) is 3.26. The first-order chi connectivity index (χ1) is 34.3. The summed E-state index contributed by atoms with van der Waals surface area (Å²) in [7, 11) is -7.28. The molecule has 7 rings (SSSR count). The normalized spacial score (nSPS) is 13.7. The van der Waals surface area contributed by atoms with Crippen molar-refractivity contribution in [3.05, 3.63) is 143 Å². The second-order valence-corrected chi connectivity index (χ2v) is 52.3. The molecule has 406 valence electrons. The second kappa shape index (κ2) is 19.7. The maximum Gasteiger partial charge on any atom is 0.0776 e. The molecule has 0 saturated carbocycles. The molecule has 7 aromatic rings. The second-order valence-electron chi connectivity index (χ2n) is 32.0. The summed E-state index contributed by atoms with van der Waals surface area (Å²) in [5.74, 6) is 0. The van der Waals surface area contributed by atoms with Gasteiger partial charge in [0, 0.05) is 44.3 Å². The van der Waals surface area contributed by atoms with Gasteiger partial charge in [0.1, 0.15) is 0 Å². The molecule has 0 amide bonds. The van der Waals surface area contributed by atoms with E-state index in [9.17, 15) is 0 Å². The van der Waals surface area contributed by atoms with Gasteiger partial charge in [-0.3, -0.25) is 0 Å². The van der Waals surface area contributed by atoms with E-state index in [2.05, 4.69) is 307 Å². The Balaban J connectivity index is 1.83. The molecule has 0 spiro atoms. The van der Waals surface area contributed by atoms with Crippen LogP contribution >= 0.6 is 0 Å². The number of benzene rings is 7. The molecule has 0 fully saturated rings. The molecule has 7 aromatic carbocycles. The van der Waals surface area contributed by atoms with Crippen LogP contribution in [0.25, 0.3) is 21.5 Å². The van der Waals surface area contributed by atoms with Gasteiger partial charge in [-0.25, -0.2) is 0 Å². The Morgan fingerprint density at radius 1 is 0.250 bits per heavy atom. The van der Waals surface area contributed by atoms with Crippen LogP contribution in [0.2, 0.25) is 78.6 Å². The van der Waals surface area contributed by atoms with Gasteiger partial charge in [-0.2, -0.15) is 0 Å². The summed E-state index contributed by atoms with van der Waals surface area (Å²) in [5, 5.41) is 11.1. The van der Waals surface area contributed by atoms with Gasteiger partial charge in [-0.15, -0.1) is 0 Å². The van der Waals surface area contributed by atoms with Crippen LogP contribution in [0.5, 0.6) is 0 Å². The fourth-order valence-electron chi connectivity index (χ4n) is 10.3. The van der Waals surface area contributed by atoms with Crippen molar-refractivity contribution >= 4 is 109 Å². The van der Waals surface area contributed by atoms with Crippen LogP contribution in [-0.2, 0) is 27.1 Å². The number of hydrogen-bond acceptors (Lipinski definition) is 2. The third kappa shape index (κ3) is 12.5. The number of fused-ring (bicyclic) bond motifs is 2. The zero-order chi connectivity index (χ0) is 57.1. The van der Waals surface area contributed by atoms with E-state index in [1.807, 2.05) is 0 Å². The highest BCUT2D eigenvalue weighted by atomic mass is 28.3. The zero-order valence-corrected chi connectivity index (χ0v) is 56.9. The third-order valence-corrected chi connectivity index (χ3v) is 24.0. The van der Waals surface area contributed by atoms with Crippen molar-refractivity contribution in [3.8, 4) is 0 Å². The molecule has 0 aliphatic rings. The molecule has 0 aliphatic carbocycles. The molecule has 0 aromatic heterocycles. The topological polar surface area (TPSA) is 6.48 Å². The van der Waals surface area contributed by atoms with Gasteiger partial charge in [0.25, 0.3) is 0 Å². The lowest BCUT2D eigenvalue weighted by atomic mass is 9.80. The summed E-state index contributed by atoms with van der Waals surface area (Å²) >= 11 is 0. The van der Waals surface area contributed by atoms with Crippen LogP contribution in [0.3, 0.4) is 0 Å². The van der Waals surface area contributed by atoms with E-state index in [4.69, 9.17) is 0 Å². The van der Waals surface area contributed by atoms with Crippen molar-refractivity contribution in [2.45, 2.75) is 209 Å². The predicted molar refractivity (Wildman–Crippen MR) is 356 cm³/mol. The summed E-state index contributed by atoms with van der Waals surface area (Å²) < 4.78 is 0. The van der Waals surface area contributed by atoms with Crippen LogP contribution in [0, 0.1) is 0 Å². The lowest BCUT2D eigenvalue weighted by molar-refractivity contribution is 0.568. The van der Waals surface area contributed by atoms with E-state index in [1.54, 1.807) is 0 Å². The molecule has 0 radical (unpaired) electrons. The molecule has 6 heteroatoms. The molecule has 0 bridgehead atoms. The molecule has 76 heavy (non-hydrogen) atoms. The van der Waals surface area contributed by atoms with Gasteiger partial charge in [0.2, 0.25) is 0 Å². The Morgan fingerprint density at radius 3 is 0.763 bits per heavy atom. The van der Waals surface area contributed by atoms with Crippen LogP contribution in [0.1, 0.15) is 132 Å². The van der Waals surface area contributed by atoms with Crippen molar-refractivity contribution in [3.63, 3.8) is 0 Å². The molecule has 0 unspecified atom stereocenters. The summed E-state index contributed by atoms with van der Waals surface area (Å²) in [5.41, 5.74) is 13.8. The fourth-order valence-corrected chi connectivity index (χ4v) is 15.3. The summed E-state index contributed by atoms with van der Waals surface area (Å²) in [6, 6.07) is 47.7. The minimum atomic E-state index is -1.82. The quantitative estimate of drug-likeness (QED) is 0.0765. The first kappa shape index (κ1) is 59.2. The Morgan fingerprint density at radius 2 is 0.500 bits per heavy atom. The van der Waals surface area contributed by atoms with Gasteiger partial charge in [-0.1, -0.05) is 264 Å². The van der Waals surface area contributed by atoms with Crippen molar-refractivity contribution in [1.29, 1.82) is 0 Å². The SMILES string of the molecule is CC(C)(C)c1cc(N(c2cc([Si](C)(C)C)cc([Si](C)(C)C)c2)c2c3ccccc3c(N(c3cc(C(C)(C)C)cc(C(C)(C)C)c3)c3cc([Si](C)(C)C)cc([Si](C)(C)C)c3)c3cc(C(C)(C)C)ccc23)cc(C(C)(C)C)c1. The monoisotopic (exact) mass is 1080 g/mol. The predicted octanol–water partition coefficient (Wildman–Crippen LogP) is 19.6. The Hall–Kier alpha value is -4.47. The molecule has 0 saturated heterocycles. The van der Waals surface area contributed by atoms with Crippen molar-refractivity contribution in [2.24, 2.45) is 0 Å². The number of anilines is 6. The average molecular weight is 1080 g/mol. The Labute approximate surface area is 468 Å². The molecule has 0 N–H and O–H groups in total. The summed E-state index contributed by atoms with van der Waals surface area (Å²) in [6.07, 6.45) is 0. The molecule has 2 nitrogen and oxygen atoms in total. The summed E-state index contributed by atoms with van der Waals surface area (Å²) in [6.45, 7) is 66.0. The Bertz CT molecular complexity index is 3030. The van der Waals surface area contributed by atoms with Gasteiger partial charge in [0.15, 0.2) is 0 Å². The van der Waals surface area contributed by atoms with E-state index in [0.717, 1.165) is 0 Å². The number of hydrogen-bond donors (Lipinski definition) is 0. The molecule has 0 aliphatic heterocycles. The fraction of sp³-hybridized carbons (Fsp3) is 0.457. The standard InChI is InChI=1S/C70H100N2Si4/c1-66(2,3)47-32-33-62-63(40-47)65(72(53-38-50(69(10,11)12)35-51(39-53)70(13,14)15)55-43-58(75(22,23)24)46-59(44-55)76(25,26)27)61-31-29-28-30-60(61)64(62)71(52-36-48(67(4,5)6)34-49(37-52)68(7,8)9)54-41-56(73(16,17)18)45-57(42-54)74(19,20)21/h28-46H,1-27H3. The molecular weight excluding hydrogens is 981 g/mol. The lowest BCUT2D eigenvalue weighted by Crippen LogP contribution is -2.45. The largest absolute Gasteiger partial charge is 0.309 e. The molecular formula is C70H100N2Si4. The summed E-state index contributed by atoms with van der Waals surface area (Å²) in [4.78, 5) is 5.45. The van der Waals surface area contributed by atoms with Crippen molar-refractivity contribution in [1.82, 2.24) is 0 Å². The minimum Gasteiger partial charge on any atom is -0.309 e. The van der Waals surface area contributed by atoms with Gasteiger partial charge in [0.05, 0.1) is 43.7 Å². The van der Waals surface area contributed by atoms with Crippen molar-refractivity contribution in [2.75, 3.05) is 9.80 Å². The number of rotatable bonds is 10. The Kier molecular flexibility index (Phi) is 15.3. The highest BCUT2D eigenvalue weighted by Crippen LogP contribution is 2.53. The first-order valence-electron chi connectivity index (χ1n) is 28.6. The van der Waals surface area contributed by atoms with Crippen LogP contribution in [-0.4, -0.2) is 32.3 Å². The maximum atomic E-state index is 2.73. The van der Waals surface area contributed by atoms with E-state index >= 15 is 0 Å². The highest BCUT2D eigenvalue weighted by molar-refractivity contribution is 6.92.